The second-order valence-corrected chi connectivity index (χ2v) is 9.11. The number of hydrogen-bond acceptors (Lipinski definition) is 3. The zero-order valence-electron chi connectivity index (χ0n) is 18.2. The topological polar surface area (TPSA) is 48.9 Å². The molecule has 2 N–H and O–H groups in total. The number of nitrogens with zero attached hydrogens (tertiary/aromatic N) is 2. The number of nitrogens with one attached hydrogen (secondary N) is 2. The quantitative estimate of drug-likeness (QED) is 0.336. The minimum atomic E-state index is 0. The number of likely N-dealkylation sites (tertiary alicyclic amines) is 1. The molecule has 2 aliphatic rings. The summed E-state index contributed by atoms with van der Waals surface area (Å²) in [4.78, 5) is 6.97. The summed E-state index contributed by atoms with van der Waals surface area (Å²) < 4.78 is 6.10. The van der Waals surface area contributed by atoms with Crippen molar-refractivity contribution < 1.29 is 4.74 Å². The van der Waals surface area contributed by atoms with Crippen LogP contribution in [0.4, 0.5) is 0 Å². The molecule has 2 rings (SSSR count). The van der Waals surface area contributed by atoms with Crippen molar-refractivity contribution >= 4 is 29.9 Å². The first-order chi connectivity index (χ1) is 12.4. The Labute approximate surface area is 184 Å². The van der Waals surface area contributed by atoms with Crippen LogP contribution >= 0.6 is 24.0 Å². The van der Waals surface area contributed by atoms with E-state index in [1.54, 1.807) is 0 Å². The molecular weight excluding hydrogens is 451 g/mol. The minimum absolute atomic E-state index is 0. The largest absolute Gasteiger partial charge is 0.377 e. The molecule has 27 heavy (non-hydrogen) atoms. The van der Waals surface area contributed by atoms with E-state index < -0.39 is 0 Å². The minimum Gasteiger partial charge on any atom is -0.377 e. The van der Waals surface area contributed by atoms with Gasteiger partial charge in [0, 0.05) is 32.7 Å². The average molecular weight is 495 g/mol. The fraction of sp³-hybridized carbons (Fsp3) is 0.952. The van der Waals surface area contributed by atoms with Crippen LogP contribution in [0.3, 0.4) is 0 Å². The second-order valence-electron chi connectivity index (χ2n) is 9.11. The summed E-state index contributed by atoms with van der Waals surface area (Å²) >= 11 is 0. The molecule has 2 saturated heterocycles. The maximum Gasteiger partial charge on any atom is 0.190 e. The van der Waals surface area contributed by atoms with E-state index in [-0.39, 0.29) is 29.4 Å². The molecule has 160 valence electrons. The molecule has 0 aliphatic carbocycles. The fourth-order valence-corrected chi connectivity index (χ4v) is 4.44. The molecule has 5 nitrogen and oxygen atoms in total. The van der Waals surface area contributed by atoms with E-state index >= 15 is 0 Å². The third kappa shape index (κ3) is 8.44. The molecule has 2 unspecified atom stereocenters. The van der Waals surface area contributed by atoms with Gasteiger partial charge in [-0.1, -0.05) is 27.7 Å². The highest BCUT2D eigenvalue weighted by molar-refractivity contribution is 14.0. The molecule has 2 aliphatic heterocycles. The molecule has 2 fully saturated rings. The standard InChI is InChI=1S/C21H42N4O.HI/c1-6-25-13-10-17(11-14-25)9-12-23-20(22-5)24-16-18-8-7-15-26-19(18)21(2,3)4;/h17-19H,6-16H2,1-5H3,(H2,22,23,24);1H. The smallest absolute Gasteiger partial charge is 0.190 e. The monoisotopic (exact) mass is 494 g/mol. The first kappa shape index (κ1) is 25.0. The van der Waals surface area contributed by atoms with Crippen LogP contribution in [-0.4, -0.2) is 63.3 Å². The number of aliphatic imine (C=N–C) groups is 1. The van der Waals surface area contributed by atoms with Crippen LogP contribution in [0.15, 0.2) is 4.99 Å². The van der Waals surface area contributed by atoms with E-state index in [4.69, 9.17) is 4.74 Å². The third-order valence-corrected chi connectivity index (χ3v) is 6.05. The molecule has 6 heteroatoms. The van der Waals surface area contributed by atoms with Crippen LogP contribution in [0.5, 0.6) is 0 Å². The highest BCUT2D eigenvalue weighted by Crippen LogP contribution is 2.33. The van der Waals surface area contributed by atoms with Gasteiger partial charge >= 0.3 is 0 Å². The van der Waals surface area contributed by atoms with Gasteiger partial charge in [-0.25, -0.2) is 0 Å². The van der Waals surface area contributed by atoms with E-state index in [0.29, 0.717) is 12.0 Å². The van der Waals surface area contributed by atoms with Crippen LogP contribution < -0.4 is 10.6 Å². The maximum atomic E-state index is 6.10. The summed E-state index contributed by atoms with van der Waals surface area (Å²) in [6.45, 7) is 15.7. The van der Waals surface area contributed by atoms with Gasteiger partial charge < -0.3 is 20.3 Å². The van der Waals surface area contributed by atoms with E-state index in [9.17, 15) is 0 Å². The summed E-state index contributed by atoms with van der Waals surface area (Å²) in [5, 5.41) is 7.07. The lowest BCUT2D eigenvalue weighted by atomic mass is 9.78. The normalized spacial score (nSPS) is 25.7. The Morgan fingerprint density at radius 2 is 1.85 bits per heavy atom. The first-order valence-corrected chi connectivity index (χ1v) is 10.7. The number of piperidine rings is 1. The zero-order valence-corrected chi connectivity index (χ0v) is 20.6. The van der Waals surface area contributed by atoms with Crippen LogP contribution in [0, 0.1) is 17.3 Å². The molecule has 0 aromatic heterocycles. The Kier molecular flexibility index (Phi) is 11.5. The van der Waals surface area contributed by atoms with E-state index in [1.165, 1.54) is 51.7 Å². The van der Waals surface area contributed by atoms with Crippen molar-refractivity contribution in [3.8, 4) is 0 Å². The maximum absolute atomic E-state index is 6.10. The number of ether oxygens (including phenoxy) is 1. The van der Waals surface area contributed by atoms with Gasteiger partial charge in [-0.3, -0.25) is 4.99 Å². The van der Waals surface area contributed by atoms with Gasteiger partial charge in [0.15, 0.2) is 5.96 Å². The number of halogens is 1. The Morgan fingerprint density at radius 1 is 1.15 bits per heavy atom. The summed E-state index contributed by atoms with van der Waals surface area (Å²) in [5.41, 5.74) is 0.192. The van der Waals surface area contributed by atoms with Gasteiger partial charge in [-0.05, 0) is 63.1 Å². The third-order valence-electron chi connectivity index (χ3n) is 6.05. The van der Waals surface area contributed by atoms with Crippen molar-refractivity contribution in [1.82, 2.24) is 15.5 Å². The lowest BCUT2D eigenvalue weighted by molar-refractivity contribution is -0.0835. The highest BCUT2D eigenvalue weighted by Gasteiger charge is 2.35. The Morgan fingerprint density at radius 3 is 2.44 bits per heavy atom. The molecule has 0 aromatic carbocycles. The number of guanidine groups is 1. The van der Waals surface area contributed by atoms with Gasteiger partial charge in [-0.2, -0.15) is 0 Å². The Bertz CT molecular complexity index is 430. The molecular formula is C21H43IN4O. The highest BCUT2D eigenvalue weighted by atomic mass is 127. The molecule has 2 atom stereocenters. The average Bonchev–Trinajstić information content (AvgIpc) is 2.64. The molecule has 0 radical (unpaired) electrons. The molecule has 0 saturated carbocycles. The second kappa shape index (κ2) is 12.5. The lowest BCUT2D eigenvalue weighted by Crippen LogP contribution is -2.47. The van der Waals surface area contributed by atoms with Crippen molar-refractivity contribution in [3.63, 3.8) is 0 Å². The van der Waals surface area contributed by atoms with Gasteiger partial charge in [0.25, 0.3) is 0 Å². The molecule has 0 spiro atoms. The van der Waals surface area contributed by atoms with Crippen molar-refractivity contribution in [2.45, 2.75) is 65.9 Å². The van der Waals surface area contributed by atoms with Crippen LogP contribution in [0.25, 0.3) is 0 Å². The van der Waals surface area contributed by atoms with Crippen molar-refractivity contribution in [2.75, 3.05) is 46.4 Å². The summed E-state index contributed by atoms with van der Waals surface area (Å²) in [6, 6.07) is 0. The first-order valence-electron chi connectivity index (χ1n) is 10.7. The summed E-state index contributed by atoms with van der Waals surface area (Å²) in [6.07, 6.45) is 6.66. The molecule has 2 heterocycles. The summed E-state index contributed by atoms with van der Waals surface area (Å²) in [7, 11) is 1.87. The molecule has 0 amide bonds. The molecule has 0 bridgehead atoms. The SMILES string of the molecule is CCN1CCC(CCNC(=NC)NCC2CCCOC2C(C)(C)C)CC1.I. The van der Waals surface area contributed by atoms with E-state index in [2.05, 4.69) is 48.2 Å². The van der Waals surface area contributed by atoms with Gasteiger partial charge in [0.1, 0.15) is 0 Å². The number of rotatable bonds is 6. The predicted octanol–water partition coefficient (Wildman–Crippen LogP) is 3.73. The van der Waals surface area contributed by atoms with Gasteiger partial charge in [0.05, 0.1) is 6.10 Å². The van der Waals surface area contributed by atoms with Crippen LogP contribution in [-0.2, 0) is 4.74 Å². The van der Waals surface area contributed by atoms with Crippen molar-refractivity contribution in [1.29, 1.82) is 0 Å². The number of hydrogen-bond donors (Lipinski definition) is 2. The summed E-state index contributed by atoms with van der Waals surface area (Å²) in [5.74, 6) is 2.36. The molecule has 0 aromatic rings. The zero-order chi connectivity index (χ0) is 19.0. The Balaban J connectivity index is 0.00000364. The lowest BCUT2D eigenvalue weighted by Gasteiger charge is -2.40. The fourth-order valence-electron chi connectivity index (χ4n) is 4.44. The van der Waals surface area contributed by atoms with Gasteiger partial charge in [0.2, 0.25) is 0 Å². The Hall–Kier alpha value is -0.0800. The predicted molar refractivity (Wildman–Crippen MR) is 126 cm³/mol. The van der Waals surface area contributed by atoms with Crippen LogP contribution in [0.1, 0.15) is 59.8 Å². The van der Waals surface area contributed by atoms with Crippen molar-refractivity contribution in [2.24, 2.45) is 22.2 Å². The van der Waals surface area contributed by atoms with Crippen molar-refractivity contribution in [3.05, 3.63) is 0 Å². The van der Waals surface area contributed by atoms with Crippen LogP contribution in [0.2, 0.25) is 0 Å². The van der Waals surface area contributed by atoms with E-state index in [1.807, 2.05) is 7.05 Å². The van der Waals surface area contributed by atoms with Gasteiger partial charge in [-0.15, -0.1) is 24.0 Å². The van der Waals surface area contributed by atoms with E-state index in [0.717, 1.165) is 31.6 Å².